The summed E-state index contributed by atoms with van der Waals surface area (Å²) in [6, 6.07) is 6.97. The molecule has 0 saturated carbocycles. The summed E-state index contributed by atoms with van der Waals surface area (Å²) in [6.45, 7) is 2.51. The van der Waals surface area contributed by atoms with E-state index in [0.29, 0.717) is 22.9 Å². The molecule has 18 heavy (non-hydrogen) atoms. The summed E-state index contributed by atoms with van der Waals surface area (Å²) >= 11 is 5.94. The Kier molecular flexibility index (Phi) is 3.67. The fraction of sp³-hybridized carbons (Fsp3) is 0.231. The molecule has 0 radical (unpaired) electrons. The van der Waals surface area contributed by atoms with Gasteiger partial charge in [-0.25, -0.2) is 0 Å². The predicted molar refractivity (Wildman–Crippen MR) is 69.3 cm³/mol. The van der Waals surface area contributed by atoms with E-state index in [1.807, 2.05) is 6.92 Å². The van der Waals surface area contributed by atoms with Gasteiger partial charge in [0, 0.05) is 12.6 Å². The molecule has 0 saturated heterocycles. The lowest BCUT2D eigenvalue weighted by Crippen LogP contribution is -2.08. The molecule has 0 spiro atoms. The van der Waals surface area contributed by atoms with E-state index in [1.165, 1.54) is 10.9 Å². The number of carbonyl (C=O) groups is 1. The molecule has 0 bridgehead atoms. The first-order chi connectivity index (χ1) is 8.63. The topological polar surface area (TPSA) is 44.1 Å². The van der Waals surface area contributed by atoms with E-state index in [9.17, 15) is 4.79 Å². The van der Waals surface area contributed by atoms with Gasteiger partial charge in [0.25, 0.3) is 0 Å². The molecule has 1 heterocycles. The van der Waals surface area contributed by atoms with Crippen molar-refractivity contribution in [1.29, 1.82) is 0 Å². The third-order valence-corrected chi connectivity index (χ3v) is 2.81. The Hall–Kier alpha value is -1.81. The molecular weight excluding hydrogens is 252 g/mol. The maximum atomic E-state index is 12.2. The highest BCUT2D eigenvalue weighted by atomic mass is 35.5. The van der Waals surface area contributed by atoms with Crippen LogP contribution in [0.1, 0.15) is 23.0 Å². The number of aromatic nitrogens is 2. The molecule has 0 aliphatic carbocycles. The number of rotatable bonds is 4. The SMILES string of the molecule is CCOc1ccc(C(=O)c2c(Cl)cnn2C)cc1. The molecule has 0 fully saturated rings. The van der Waals surface area contributed by atoms with Gasteiger partial charge in [-0.05, 0) is 31.2 Å². The minimum atomic E-state index is -0.150. The minimum Gasteiger partial charge on any atom is -0.494 e. The third kappa shape index (κ3) is 2.38. The summed E-state index contributed by atoms with van der Waals surface area (Å²) in [4.78, 5) is 12.2. The standard InChI is InChI=1S/C13H13ClN2O2/c1-3-18-10-6-4-9(5-7-10)13(17)12-11(14)8-15-16(12)2/h4-8H,3H2,1-2H3. The van der Waals surface area contributed by atoms with Crippen molar-refractivity contribution in [3.8, 4) is 5.75 Å². The lowest BCUT2D eigenvalue weighted by atomic mass is 10.1. The quantitative estimate of drug-likeness (QED) is 0.798. The average molecular weight is 265 g/mol. The molecule has 2 aromatic rings. The molecule has 0 amide bonds. The number of aryl methyl sites for hydroxylation is 1. The van der Waals surface area contributed by atoms with Crippen molar-refractivity contribution in [3.05, 3.63) is 46.7 Å². The first-order valence-electron chi connectivity index (χ1n) is 5.58. The Morgan fingerprint density at radius 2 is 2.06 bits per heavy atom. The van der Waals surface area contributed by atoms with Gasteiger partial charge in [0.1, 0.15) is 11.4 Å². The zero-order valence-electron chi connectivity index (χ0n) is 10.2. The predicted octanol–water partition coefficient (Wildman–Crippen LogP) is 2.70. The van der Waals surface area contributed by atoms with Crippen LogP contribution in [0, 0.1) is 0 Å². The smallest absolute Gasteiger partial charge is 0.212 e. The van der Waals surface area contributed by atoms with Crippen LogP contribution in [0.4, 0.5) is 0 Å². The first kappa shape index (κ1) is 12.6. The van der Waals surface area contributed by atoms with Crippen LogP contribution >= 0.6 is 11.6 Å². The van der Waals surface area contributed by atoms with Gasteiger partial charge in [-0.2, -0.15) is 5.10 Å². The van der Waals surface area contributed by atoms with E-state index in [0.717, 1.165) is 5.75 Å². The van der Waals surface area contributed by atoms with Crippen LogP contribution < -0.4 is 4.74 Å². The van der Waals surface area contributed by atoms with Crippen LogP contribution in [0.15, 0.2) is 30.5 Å². The second-order valence-electron chi connectivity index (χ2n) is 3.75. The summed E-state index contributed by atoms with van der Waals surface area (Å²) < 4.78 is 6.80. The molecule has 5 heteroatoms. The minimum absolute atomic E-state index is 0.150. The Morgan fingerprint density at radius 1 is 1.39 bits per heavy atom. The highest BCUT2D eigenvalue weighted by Crippen LogP contribution is 2.20. The van der Waals surface area contributed by atoms with E-state index in [1.54, 1.807) is 31.3 Å². The summed E-state index contributed by atoms with van der Waals surface area (Å²) in [5.74, 6) is 0.591. The monoisotopic (exact) mass is 264 g/mol. The molecule has 0 unspecified atom stereocenters. The van der Waals surface area contributed by atoms with Crippen LogP contribution in [0.5, 0.6) is 5.75 Å². The lowest BCUT2D eigenvalue weighted by molar-refractivity contribution is 0.103. The van der Waals surface area contributed by atoms with Crippen LogP contribution in [0.2, 0.25) is 5.02 Å². The van der Waals surface area contributed by atoms with Crippen LogP contribution in [0.25, 0.3) is 0 Å². The van der Waals surface area contributed by atoms with Gasteiger partial charge in [-0.1, -0.05) is 11.6 Å². The van der Waals surface area contributed by atoms with Gasteiger partial charge < -0.3 is 4.74 Å². The Labute approximate surface area is 110 Å². The summed E-state index contributed by atoms with van der Waals surface area (Å²) in [5, 5.41) is 4.31. The summed E-state index contributed by atoms with van der Waals surface area (Å²) in [5.41, 5.74) is 0.949. The number of benzene rings is 1. The van der Waals surface area contributed by atoms with E-state index in [-0.39, 0.29) is 5.78 Å². The maximum Gasteiger partial charge on any atom is 0.212 e. The van der Waals surface area contributed by atoms with E-state index < -0.39 is 0 Å². The maximum absolute atomic E-state index is 12.2. The number of halogens is 1. The molecule has 2 rings (SSSR count). The van der Waals surface area contributed by atoms with Crippen molar-refractivity contribution in [1.82, 2.24) is 9.78 Å². The molecule has 94 valence electrons. The number of carbonyl (C=O) groups excluding carboxylic acids is 1. The van der Waals surface area contributed by atoms with Crippen molar-refractivity contribution in [2.75, 3.05) is 6.61 Å². The van der Waals surface area contributed by atoms with E-state index in [4.69, 9.17) is 16.3 Å². The van der Waals surface area contributed by atoms with Gasteiger partial charge >= 0.3 is 0 Å². The van der Waals surface area contributed by atoms with Crippen LogP contribution in [0.3, 0.4) is 0 Å². The van der Waals surface area contributed by atoms with Gasteiger partial charge in [-0.3, -0.25) is 9.48 Å². The fourth-order valence-electron chi connectivity index (χ4n) is 1.67. The fourth-order valence-corrected chi connectivity index (χ4v) is 1.92. The number of hydrogen-bond acceptors (Lipinski definition) is 3. The Balaban J connectivity index is 2.29. The van der Waals surface area contributed by atoms with Gasteiger partial charge in [0.15, 0.2) is 0 Å². The molecule has 0 aliphatic rings. The van der Waals surface area contributed by atoms with Crippen molar-refractivity contribution in [2.45, 2.75) is 6.92 Å². The number of ether oxygens (including phenoxy) is 1. The van der Waals surface area contributed by atoms with Crippen molar-refractivity contribution >= 4 is 17.4 Å². The second kappa shape index (κ2) is 5.23. The number of ketones is 1. The van der Waals surface area contributed by atoms with Crippen LogP contribution in [-0.4, -0.2) is 22.2 Å². The van der Waals surface area contributed by atoms with Gasteiger partial charge in [0.05, 0.1) is 17.8 Å². The molecule has 1 aromatic heterocycles. The number of nitrogens with zero attached hydrogens (tertiary/aromatic N) is 2. The Bertz CT molecular complexity index is 541. The third-order valence-electron chi connectivity index (χ3n) is 2.54. The molecular formula is C13H13ClN2O2. The normalized spacial score (nSPS) is 10.4. The number of hydrogen-bond donors (Lipinski definition) is 0. The highest BCUT2D eigenvalue weighted by Gasteiger charge is 2.17. The lowest BCUT2D eigenvalue weighted by Gasteiger charge is -2.05. The molecule has 0 aliphatic heterocycles. The van der Waals surface area contributed by atoms with Crippen molar-refractivity contribution in [2.24, 2.45) is 7.05 Å². The molecule has 0 N–H and O–H groups in total. The van der Waals surface area contributed by atoms with Crippen molar-refractivity contribution in [3.63, 3.8) is 0 Å². The zero-order chi connectivity index (χ0) is 13.1. The largest absolute Gasteiger partial charge is 0.494 e. The summed E-state index contributed by atoms with van der Waals surface area (Å²) in [7, 11) is 1.69. The average Bonchev–Trinajstić information content (AvgIpc) is 2.70. The Morgan fingerprint density at radius 3 is 2.56 bits per heavy atom. The zero-order valence-corrected chi connectivity index (χ0v) is 10.9. The molecule has 0 atom stereocenters. The van der Waals surface area contributed by atoms with Crippen LogP contribution in [-0.2, 0) is 7.05 Å². The van der Waals surface area contributed by atoms with Gasteiger partial charge in [0.2, 0.25) is 5.78 Å². The molecule has 1 aromatic carbocycles. The first-order valence-corrected chi connectivity index (χ1v) is 5.96. The van der Waals surface area contributed by atoms with Crippen molar-refractivity contribution < 1.29 is 9.53 Å². The van der Waals surface area contributed by atoms with E-state index >= 15 is 0 Å². The molecule has 4 nitrogen and oxygen atoms in total. The van der Waals surface area contributed by atoms with Gasteiger partial charge in [-0.15, -0.1) is 0 Å². The summed E-state index contributed by atoms with van der Waals surface area (Å²) in [6.07, 6.45) is 1.46. The van der Waals surface area contributed by atoms with E-state index in [2.05, 4.69) is 5.10 Å². The highest BCUT2D eigenvalue weighted by molar-refractivity contribution is 6.34. The second-order valence-corrected chi connectivity index (χ2v) is 4.16.